The Bertz CT molecular complexity index is 1210. The highest BCUT2D eigenvalue weighted by molar-refractivity contribution is 7.10. The van der Waals surface area contributed by atoms with Crippen molar-refractivity contribution in [3.05, 3.63) is 41.1 Å². The molecule has 5 rings (SSSR count). The Balaban J connectivity index is 1.23. The minimum absolute atomic E-state index is 0.147. The van der Waals surface area contributed by atoms with Gasteiger partial charge in [-0.2, -0.15) is 0 Å². The first-order valence-electron chi connectivity index (χ1n) is 11.1. The molecule has 3 aliphatic rings. The zero-order chi connectivity index (χ0) is 23.7. The first-order valence-corrected chi connectivity index (χ1v) is 11.9. The fourth-order valence-electron chi connectivity index (χ4n) is 4.52. The molecule has 174 valence electrons. The molecule has 0 radical (unpaired) electrons. The summed E-state index contributed by atoms with van der Waals surface area (Å²) in [6, 6.07) is 4.64. The largest absolute Gasteiger partial charge is 0.324 e. The normalized spacial score (nSPS) is 20.5. The van der Waals surface area contributed by atoms with Gasteiger partial charge in [0.1, 0.15) is 11.0 Å². The van der Waals surface area contributed by atoms with E-state index in [-0.39, 0.29) is 30.2 Å². The Morgan fingerprint density at radius 1 is 1.18 bits per heavy atom. The Kier molecular flexibility index (Phi) is 5.98. The molecule has 2 aromatic rings. The number of aromatic nitrogens is 2. The molecule has 4 heterocycles. The fraction of sp³-hybridized carbons (Fsp3) is 0.391. The first kappa shape index (κ1) is 22.0. The molecule has 10 nitrogen and oxygen atoms in total. The summed E-state index contributed by atoms with van der Waals surface area (Å²) in [5, 5.41) is 9.45. The zero-order valence-corrected chi connectivity index (χ0v) is 19.1. The van der Waals surface area contributed by atoms with Crippen molar-refractivity contribution in [1.29, 1.82) is 0 Å². The average Bonchev–Trinajstić information content (AvgIpc) is 3.46. The molecular weight excluding hydrogens is 456 g/mol. The van der Waals surface area contributed by atoms with E-state index >= 15 is 0 Å². The van der Waals surface area contributed by atoms with E-state index in [4.69, 9.17) is 0 Å². The van der Waals surface area contributed by atoms with Gasteiger partial charge in [-0.15, -0.1) is 5.10 Å². The minimum Gasteiger partial charge on any atom is -0.324 e. The van der Waals surface area contributed by atoms with Crippen LogP contribution in [0.4, 0.5) is 9.80 Å². The molecule has 0 aliphatic carbocycles. The number of carbonyl (C=O) groups excluding carboxylic acids is 4. The standard InChI is InChI=1S/C23H22N6O4S/c30-19-7-6-18(21(31)25-19)29-13-17-15(2-1-3-16(17)22(29)32)5-4-14-8-10-28(11-9-14)23(33)26-20-12-24-27-34-20/h1-3,12,14,18H,6-11,13H2,(H,26,33)(H,25,30,31). The number of nitrogens with zero attached hydrogens (tertiary/aromatic N) is 4. The average molecular weight is 479 g/mol. The van der Waals surface area contributed by atoms with E-state index < -0.39 is 11.9 Å². The number of carbonyl (C=O) groups is 4. The number of hydrogen-bond donors (Lipinski definition) is 2. The lowest BCUT2D eigenvalue weighted by atomic mass is 9.96. The molecule has 2 fully saturated rings. The number of fused-ring (bicyclic) bond motifs is 1. The van der Waals surface area contributed by atoms with Crippen molar-refractivity contribution in [1.82, 2.24) is 24.7 Å². The van der Waals surface area contributed by atoms with Gasteiger partial charge in [0.15, 0.2) is 0 Å². The zero-order valence-electron chi connectivity index (χ0n) is 18.2. The van der Waals surface area contributed by atoms with E-state index in [2.05, 4.69) is 32.1 Å². The second-order valence-electron chi connectivity index (χ2n) is 8.47. The van der Waals surface area contributed by atoms with Gasteiger partial charge >= 0.3 is 6.03 Å². The summed E-state index contributed by atoms with van der Waals surface area (Å²) >= 11 is 1.13. The van der Waals surface area contributed by atoms with Crippen LogP contribution in [0.2, 0.25) is 0 Å². The summed E-state index contributed by atoms with van der Waals surface area (Å²) < 4.78 is 3.74. The maximum absolute atomic E-state index is 13.0. The number of amides is 5. The van der Waals surface area contributed by atoms with Gasteiger partial charge in [-0.25, -0.2) is 4.79 Å². The lowest BCUT2D eigenvalue weighted by molar-refractivity contribution is -0.136. The SMILES string of the molecule is O=C1CCC(N2Cc3c(C#CC4CCN(C(=O)Nc5cnns5)CC4)cccc3C2=O)C(=O)N1. The monoisotopic (exact) mass is 478 g/mol. The Hall–Kier alpha value is -3.78. The lowest BCUT2D eigenvalue weighted by Gasteiger charge is -2.29. The number of urea groups is 1. The van der Waals surface area contributed by atoms with Crippen LogP contribution in [0.3, 0.4) is 0 Å². The maximum Gasteiger partial charge on any atom is 0.322 e. The molecular formula is C23H22N6O4S. The molecule has 2 saturated heterocycles. The number of rotatable bonds is 2. The van der Waals surface area contributed by atoms with Crippen LogP contribution in [0.15, 0.2) is 24.4 Å². The number of hydrogen-bond acceptors (Lipinski definition) is 7. The van der Waals surface area contributed by atoms with Crippen LogP contribution in [0.5, 0.6) is 0 Å². The molecule has 1 aromatic carbocycles. The highest BCUT2D eigenvalue weighted by Gasteiger charge is 2.39. The summed E-state index contributed by atoms with van der Waals surface area (Å²) in [7, 11) is 0. The predicted octanol–water partition coefficient (Wildman–Crippen LogP) is 1.59. The fourth-order valence-corrected chi connectivity index (χ4v) is 4.93. The maximum atomic E-state index is 13.0. The summed E-state index contributed by atoms with van der Waals surface area (Å²) in [6.07, 6.45) is 3.60. The summed E-state index contributed by atoms with van der Waals surface area (Å²) in [6.45, 7) is 1.51. The highest BCUT2D eigenvalue weighted by atomic mass is 32.1. The van der Waals surface area contributed by atoms with E-state index in [1.54, 1.807) is 17.0 Å². The van der Waals surface area contributed by atoms with Crippen molar-refractivity contribution >= 4 is 40.3 Å². The molecule has 5 amide bonds. The summed E-state index contributed by atoms with van der Waals surface area (Å²) in [5.74, 6) is 5.77. The van der Waals surface area contributed by atoms with E-state index in [0.29, 0.717) is 36.6 Å². The summed E-state index contributed by atoms with van der Waals surface area (Å²) in [4.78, 5) is 52.4. The number of benzene rings is 1. The Labute approximate surface area is 199 Å². The molecule has 2 N–H and O–H groups in total. The van der Waals surface area contributed by atoms with Crippen LogP contribution in [-0.4, -0.2) is 62.3 Å². The predicted molar refractivity (Wildman–Crippen MR) is 123 cm³/mol. The molecule has 0 spiro atoms. The van der Waals surface area contributed by atoms with Crippen molar-refractivity contribution in [2.45, 2.75) is 38.3 Å². The lowest BCUT2D eigenvalue weighted by Crippen LogP contribution is -2.52. The molecule has 0 bridgehead atoms. The van der Waals surface area contributed by atoms with Gasteiger partial charge < -0.3 is 9.80 Å². The smallest absolute Gasteiger partial charge is 0.322 e. The third-order valence-corrected chi connectivity index (χ3v) is 6.95. The van der Waals surface area contributed by atoms with Gasteiger partial charge in [-0.1, -0.05) is 22.4 Å². The van der Waals surface area contributed by atoms with E-state index in [9.17, 15) is 19.2 Å². The molecule has 11 heteroatoms. The van der Waals surface area contributed by atoms with Gasteiger partial charge in [0.05, 0.1) is 6.20 Å². The van der Waals surface area contributed by atoms with Gasteiger partial charge in [0, 0.05) is 54.6 Å². The third kappa shape index (κ3) is 4.36. The molecule has 34 heavy (non-hydrogen) atoms. The van der Waals surface area contributed by atoms with Crippen LogP contribution in [0.25, 0.3) is 0 Å². The molecule has 1 aromatic heterocycles. The van der Waals surface area contributed by atoms with Crippen LogP contribution < -0.4 is 10.6 Å². The first-order chi connectivity index (χ1) is 16.5. The topological polar surface area (TPSA) is 125 Å². The number of nitrogens with one attached hydrogen (secondary N) is 2. The third-order valence-electron chi connectivity index (χ3n) is 6.37. The van der Waals surface area contributed by atoms with Gasteiger partial charge in [0.2, 0.25) is 11.8 Å². The van der Waals surface area contributed by atoms with Crippen molar-refractivity contribution < 1.29 is 19.2 Å². The van der Waals surface area contributed by atoms with Crippen molar-refractivity contribution in [2.24, 2.45) is 5.92 Å². The quantitative estimate of drug-likeness (QED) is 0.499. The van der Waals surface area contributed by atoms with Crippen LogP contribution in [0.1, 0.15) is 47.2 Å². The van der Waals surface area contributed by atoms with E-state index in [1.165, 1.54) is 11.1 Å². The number of anilines is 1. The number of imide groups is 1. The van der Waals surface area contributed by atoms with Crippen molar-refractivity contribution in [3.8, 4) is 11.8 Å². The number of piperidine rings is 2. The minimum atomic E-state index is -0.644. The van der Waals surface area contributed by atoms with Crippen LogP contribution in [-0.2, 0) is 16.1 Å². The molecule has 0 saturated carbocycles. The van der Waals surface area contributed by atoms with Crippen LogP contribution in [0, 0.1) is 17.8 Å². The van der Waals surface area contributed by atoms with Crippen molar-refractivity contribution in [2.75, 3.05) is 18.4 Å². The second kappa shape index (κ2) is 9.23. The van der Waals surface area contributed by atoms with Crippen molar-refractivity contribution in [3.63, 3.8) is 0 Å². The number of likely N-dealkylation sites (tertiary alicyclic amines) is 1. The van der Waals surface area contributed by atoms with Crippen LogP contribution >= 0.6 is 11.5 Å². The van der Waals surface area contributed by atoms with Gasteiger partial charge in [-0.3, -0.25) is 25.0 Å². The summed E-state index contributed by atoms with van der Waals surface area (Å²) in [5.41, 5.74) is 2.15. The molecule has 3 aliphatic heterocycles. The van der Waals surface area contributed by atoms with E-state index in [1.807, 2.05) is 6.07 Å². The Morgan fingerprint density at radius 3 is 2.74 bits per heavy atom. The second-order valence-corrected chi connectivity index (χ2v) is 9.26. The Morgan fingerprint density at radius 2 is 2.00 bits per heavy atom. The van der Waals surface area contributed by atoms with Gasteiger partial charge in [-0.05, 0) is 37.0 Å². The molecule has 1 atom stereocenters. The highest BCUT2D eigenvalue weighted by Crippen LogP contribution is 2.29. The molecule has 1 unspecified atom stereocenters. The van der Waals surface area contributed by atoms with E-state index in [0.717, 1.165) is 35.5 Å². The van der Waals surface area contributed by atoms with Gasteiger partial charge in [0.25, 0.3) is 5.91 Å².